The first-order chi connectivity index (χ1) is 9.67. The third-order valence-electron chi connectivity index (χ3n) is 3.40. The number of hydrogen-bond acceptors (Lipinski definition) is 2. The van der Waals surface area contributed by atoms with E-state index in [0.29, 0.717) is 0 Å². The first-order valence-corrected chi connectivity index (χ1v) is 6.80. The van der Waals surface area contributed by atoms with Crippen molar-refractivity contribution in [1.82, 2.24) is 9.78 Å². The molecule has 102 valence electrons. The minimum Gasteiger partial charge on any atom is -0.496 e. The van der Waals surface area contributed by atoms with Crippen LogP contribution in [0, 0.1) is 6.92 Å². The van der Waals surface area contributed by atoms with Gasteiger partial charge in [-0.3, -0.25) is 4.68 Å². The van der Waals surface area contributed by atoms with Crippen LogP contribution in [0.1, 0.15) is 11.1 Å². The van der Waals surface area contributed by atoms with Crippen molar-refractivity contribution in [3.63, 3.8) is 0 Å². The van der Waals surface area contributed by atoms with Gasteiger partial charge in [0, 0.05) is 10.4 Å². The first-order valence-electron chi connectivity index (χ1n) is 6.42. The Morgan fingerprint density at radius 1 is 1.20 bits per heavy atom. The second kappa shape index (κ2) is 5.17. The van der Waals surface area contributed by atoms with E-state index in [1.165, 1.54) is 5.56 Å². The Hall–Kier alpha value is -2.00. The maximum absolute atomic E-state index is 5.91. The number of nitrogens with zero attached hydrogens (tertiary/aromatic N) is 2. The van der Waals surface area contributed by atoms with Crippen molar-refractivity contribution in [3.05, 3.63) is 58.7 Å². The molecular weight excluding hydrogens is 272 g/mol. The Morgan fingerprint density at radius 3 is 2.65 bits per heavy atom. The highest BCUT2D eigenvalue weighted by molar-refractivity contribution is 6.30. The highest BCUT2D eigenvalue weighted by atomic mass is 35.5. The molecule has 0 aliphatic rings. The van der Waals surface area contributed by atoms with Crippen molar-refractivity contribution in [2.24, 2.45) is 0 Å². The summed E-state index contributed by atoms with van der Waals surface area (Å²) in [5.41, 5.74) is 3.39. The fraction of sp³-hybridized carbons (Fsp3) is 0.188. The quantitative estimate of drug-likeness (QED) is 0.726. The number of halogens is 1. The minimum atomic E-state index is 0.729. The van der Waals surface area contributed by atoms with Gasteiger partial charge in [0.2, 0.25) is 0 Å². The summed E-state index contributed by atoms with van der Waals surface area (Å²) in [6.45, 7) is 2.77. The molecule has 0 saturated carbocycles. The average Bonchev–Trinajstić information content (AvgIpc) is 2.83. The summed E-state index contributed by atoms with van der Waals surface area (Å²) in [5, 5.41) is 6.29. The molecule has 3 rings (SSSR count). The summed E-state index contributed by atoms with van der Waals surface area (Å²) in [6, 6.07) is 12.0. The topological polar surface area (TPSA) is 27.1 Å². The molecular formula is C16H15ClN2O. The highest BCUT2D eigenvalue weighted by Crippen LogP contribution is 2.25. The van der Waals surface area contributed by atoms with Gasteiger partial charge in [0.15, 0.2) is 0 Å². The van der Waals surface area contributed by atoms with Crippen LogP contribution in [-0.4, -0.2) is 16.9 Å². The van der Waals surface area contributed by atoms with E-state index in [4.69, 9.17) is 16.3 Å². The number of fused-ring (bicyclic) bond motifs is 1. The van der Waals surface area contributed by atoms with Crippen molar-refractivity contribution >= 4 is 22.5 Å². The van der Waals surface area contributed by atoms with Crippen LogP contribution in [0.3, 0.4) is 0 Å². The molecule has 0 aliphatic carbocycles. The van der Waals surface area contributed by atoms with Crippen LogP contribution in [0.5, 0.6) is 5.75 Å². The van der Waals surface area contributed by atoms with E-state index >= 15 is 0 Å². The van der Waals surface area contributed by atoms with Gasteiger partial charge in [-0.15, -0.1) is 0 Å². The summed E-state index contributed by atoms with van der Waals surface area (Å²) in [4.78, 5) is 0. The van der Waals surface area contributed by atoms with Gasteiger partial charge in [-0.05, 0) is 42.3 Å². The van der Waals surface area contributed by atoms with Gasteiger partial charge in [0.1, 0.15) is 5.75 Å². The predicted molar refractivity (Wildman–Crippen MR) is 81.6 cm³/mol. The summed E-state index contributed by atoms with van der Waals surface area (Å²) >= 11 is 5.91. The van der Waals surface area contributed by atoms with E-state index in [1.54, 1.807) is 7.11 Å². The Morgan fingerprint density at radius 2 is 1.95 bits per heavy atom. The van der Waals surface area contributed by atoms with Crippen molar-refractivity contribution in [1.29, 1.82) is 0 Å². The molecule has 1 aromatic heterocycles. The van der Waals surface area contributed by atoms with E-state index in [9.17, 15) is 0 Å². The SMILES string of the molecule is COc1cc2cnn(Cc3ccc(Cl)cc3)c2cc1C. The molecule has 0 fully saturated rings. The van der Waals surface area contributed by atoms with Crippen LogP contribution in [0.25, 0.3) is 10.9 Å². The molecule has 3 aromatic rings. The summed E-state index contributed by atoms with van der Waals surface area (Å²) < 4.78 is 7.33. The van der Waals surface area contributed by atoms with E-state index in [1.807, 2.05) is 48.1 Å². The second-order valence-corrected chi connectivity index (χ2v) is 5.25. The van der Waals surface area contributed by atoms with Crippen molar-refractivity contribution in [3.8, 4) is 5.75 Å². The number of benzene rings is 2. The number of aryl methyl sites for hydroxylation is 1. The molecule has 4 heteroatoms. The molecule has 2 aromatic carbocycles. The first kappa shape index (κ1) is 13.0. The number of hydrogen-bond donors (Lipinski definition) is 0. The largest absolute Gasteiger partial charge is 0.496 e. The third-order valence-corrected chi connectivity index (χ3v) is 3.66. The molecule has 0 N–H and O–H groups in total. The zero-order chi connectivity index (χ0) is 14.1. The van der Waals surface area contributed by atoms with Crippen LogP contribution < -0.4 is 4.74 Å². The lowest BCUT2D eigenvalue weighted by molar-refractivity contribution is 0.412. The van der Waals surface area contributed by atoms with Gasteiger partial charge < -0.3 is 4.74 Å². The average molecular weight is 287 g/mol. The van der Waals surface area contributed by atoms with Gasteiger partial charge in [-0.25, -0.2) is 0 Å². The molecule has 1 heterocycles. The predicted octanol–water partition coefficient (Wildman–Crippen LogP) is 4.06. The fourth-order valence-electron chi connectivity index (χ4n) is 2.32. The molecule has 0 unspecified atom stereocenters. The summed E-state index contributed by atoms with van der Waals surface area (Å²) in [5.74, 6) is 0.892. The highest BCUT2D eigenvalue weighted by Gasteiger charge is 2.07. The molecule has 0 saturated heterocycles. The van der Waals surface area contributed by atoms with Gasteiger partial charge in [0.25, 0.3) is 0 Å². The van der Waals surface area contributed by atoms with Crippen molar-refractivity contribution in [2.45, 2.75) is 13.5 Å². The lowest BCUT2D eigenvalue weighted by Gasteiger charge is -2.07. The molecule has 0 atom stereocenters. The van der Waals surface area contributed by atoms with E-state index < -0.39 is 0 Å². The minimum absolute atomic E-state index is 0.729. The number of methoxy groups -OCH3 is 1. The van der Waals surface area contributed by atoms with E-state index in [2.05, 4.69) is 11.2 Å². The number of aromatic nitrogens is 2. The van der Waals surface area contributed by atoms with Crippen LogP contribution in [0.15, 0.2) is 42.6 Å². The van der Waals surface area contributed by atoms with Gasteiger partial charge >= 0.3 is 0 Å². The molecule has 20 heavy (non-hydrogen) atoms. The molecule has 0 spiro atoms. The van der Waals surface area contributed by atoms with Gasteiger partial charge in [-0.2, -0.15) is 5.10 Å². The maximum atomic E-state index is 5.91. The van der Waals surface area contributed by atoms with Crippen LogP contribution >= 0.6 is 11.6 Å². The standard InChI is InChI=1S/C16H15ClN2O/c1-11-7-15-13(8-16(11)20-2)9-18-19(15)10-12-3-5-14(17)6-4-12/h3-9H,10H2,1-2H3. The second-order valence-electron chi connectivity index (χ2n) is 4.81. The number of ether oxygens (including phenoxy) is 1. The Labute approximate surface area is 122 Å². The zero-order valence-electron chi connectivity index (χ0n) is 11.4. The van der Waals surface area contributed by atoms with E-state index in [0.717, 1.165) is 33.8 Å². The molecule has 0 amide bonds. The van der Waals surface area contributed by atoms with Crippen molar-refractivity contribution < 1.29 is 4.74 Å². The Balaban J connectivity index is 2.00. The number of rotatable bonds is 3. The maximum Gasteiger partial charge on any atom is 0.122 e. The molecule has 0 aliphatic heterocycles. The van der Waals surface area contributed by atoms with Crippen LogP contribution in [0.2, 0.25) is 5.02 Å². The smallest absolute Gasteiger partial charge is 0.122 e. The molecule has 3 nitrogen and oxygen atoms in total. The van der Waals surface area contributed by atoms with Gasteiger partial charge in [0.05, 0.1) is 25.4 Å². The van der Waals surface area contributed by atoms with Gasteiger partial charge in [-0.1, -0.05) is 23.7 Å². The van der Waals surface area contributed by atoms with Crippen LogP contribution in [0.4, 0.5) is 0 Å². The zero-order valence-corrected chi connectivity index (χ0v) is 12.2. The molecule has 0 bridgehead atoms. The van der Waals surface area contributed by atoms with Crippen LogP contribution in [-0.2, 0) is 6.54 Å². The Bertz CT molecular complexity index is 747. The summed E-state index contributed by atoms with van der Waals surface area (Å²) in [7, 11) is 1.69. The van der Waals surface area contributed by atoms with E-state index in [-0.39, 0.29) is 0 Å². The monoisotopic (exact) mass is 286 g/mol. The summed E-state index contributed by atoms with van der Waals surface area (Å²) in [6.07, 6.45) is 1.87. The van der Waals surface area contributed by atoms with Crippen molar-refractivity contribution in [2.75, 3.05) is 7.11 Å². The Kier molecular flexibility index (Phi) is 3.36. The lowest BCUT2D eigenvalue weighted by atomic mass is 10.1. The fourth-order valence-corrected chi connectivity index (χ4v) is 2.44. The third kappa shape index (κ3) is 2.37. The lowest BCUT2D eigenvalue weighted by Crippen LogP contribution is -2.01. The molecule has 0 radical (unpaired) electrons. The normalized spacial score (nSPS) is 10.9.